The molecule has 0 saturated carbocycles. The Labute approximate surface area is 101 Å². The highest BCUT2D eigenvalue weighted by molar-refractivity contribution is 7.89. The van der Waals surface area contributed by atoms with Gasteiger partial charge in [-0.1, -0.05) is 6.07 Å². The molecule has 17 heavy (non-hydrogen) atoms. The van der Waals surface area contributed by atoms with Crippen molar-refractivity contribution in [1.82, 2.24) is 10.0 Å². The first-order valence-electron chi connectivity index (χ1n) is 5.30. The van der Waals surface area contributed by atoms with E-state index in [-0.39, 0.29) is 23.0 Å². The number of halogens is 1. The lowest BCUT2D eigenvalue weighted by atomic mass is 10.2. The molecule has 1 unspecified atom stereocenters. The Kier molecular flexibility index (Phi) is 4.62. The van der Waals surface area contributed by atoms with Crippen molar-refractivity contribution in [3.8, 4) is 0 Å². The van der Waals surface area contributed by atoms with Crippen LogP contribution in [0.1, 0.15) is 12.5 Å². The number of nitrogens with one attached hydrogen (secondary N) is 2. The summed E-state index contributed by atoms with van der Waals surface area (Å²) in [5, 5.41) is 2.91. The number of sulfonamides is 1. The van der Waals surface area contributed by atoms with E-state index in [0.717, 1.165) is 0 Å². The third kappa shape index (κ3) is 3.49. The summed E-state index contributed by atoms with van der Waals surface area (Å²) >= 11 is 0. The molecule has 0 heterocycles. The van der Waals surface area contributed by atoms with E-state index in [1.54, 1.807) is 7.05 Å². The second-order valence-electron chi connectivity index (χ2n) is 3.90. The van der Waals surface area contributed by atoms with Crippen LogP contribution in [0.5, 0.6) is 0 Å². The molecule has 96 valence electrons. The van der Waals surface area contributed by atoms with Gasteiger partial charge in [-0.25, -0.2) is 17.5 Å². The molecule has 0 aliphatic rings. The maximum atomic E-state index is 13.3. The zero-order chi connectivity index (χ0) is 13.1. The summed E-state index contributed by atoms with van der Waals surface area (Å²) in [6.07, 6.45) is 0. The van der Waals surface area contributed by atoms with E-state index < -0.39 is 15.8 Å². The molecule has 4 nitrogen and oxygen atoms in total. The van der Waals surface area contributed by atoms with Crippen molar-refractivity contribution in [3.05, 3.63) is 29.6 Å². The zero-order valence-corrected chi connectivity index (χ0v) is 10.9. The molecular formula is C11H17FN2O2S. The molecule has 0 fully saturated rings. The maximum absolute atomic E-state index is 13.3. The van der Waals surface area contributed by atoms with Crippen molar-refractivity contribution in [2.24, 2.45) is 0 Å². The Hall–Kier alpha value is -0.980. The van der Waals surface area contributed by atoms with E-state index in [0.29, 0.717) is 0 Å². The van der Waals surface area contributed by atoms with E-state index >= 15 is 0 Å². The van der Waals surface area contributed by atoms with Crippen LogP contribution in [0.3, 0.4) is 0 Å². The monoisotopic (exact) mass is 260 g/mol. The first kappa shape index (κ1) is 14.1. The Morgan fingerprint density at radius 3 is 2.65 bits per heavy atom. The molecule has 6 heteroatoms. The minimum atomic E-state index is -3.65. The lowest BCUT2D eigenvalue weighted by molar-refractivity contribution is 0.551. The van der Waals surface area contributed by atoms with Crippen LogP contribution in [-0.4, -0.2) is 28.1 Å². The van der Waals surface area contributed by atoms with E-state index in [1.165, 1.54) is 25.1 Å². The largest absolute Gasteiger partial charge is 0.316 e. The fourth-order valence-electron chi connectivity index (χ4n) is 1.29. The molecule has 1 aromatic carbocycles. The van der Waals surface area contributed by atoms with Crippen LogP contribution in [0.2, 0.25) is 0 Å². The van der Waals surface area contributed by atoms with Gasteiger partial charge in [-0.3, -0.25) is 0 Å². The predicted octanol–water partition coefficient (Wildman–Crippen LogP) is 1.02. The van der Waals surface area contributed by atoms with Gasteiger partial charge in [0.25, 0.3) is 0 Å². The number of rotatable bonds is 5. The molecule has 1 rings (SSSR count). The minimum absolute atomic E-state index is 0.0126. The normalized spacial score (nSPS) is 13.6. The fourth-order valence-corrected chi connectivity index (χ4v) is 2.68. The van der Waals surface area contributed by atoms with Crippen LogP contribution in [0.25, 0.3) is 0 Å². The van der Waals surface area contributed by atoms with Crippen molar-refractivity contribution < 1.29 is 12.8 Å². The molecule has 0 aliphatic carbocycles. The highest BCUT2D eigenvalue weighted by atomic mass is 32.2. The molecule has 0 saturated heterocycles. The van der Waals surface area contributed by atoms with Crippen LogP contribution in [0.4, 0.5) is 4.39 Å². The summed E-state index contributed by atoms with van der Waals surface area (Å²) in [6, 6.07) is 4.03. The van der Waals surface area contributed by atoms with Gasteiger partial charge >= 0.3 is 0 Å². The number of hydrogen-bond acceptors (Lipinski definition) is 3. The average molecular weight is 260 g/mol. The van der Waals surface area contributed by atoms with Crippen molar-refractivity contribution >= 4 is 10.0 Å². The quantitative estimate of drug-likeness (QED) is 0.831. The van der Waals surface area contributed by atoms with E-state index in [9.17, 15) is 12.8 Å². The maximum Gasteiger partial charge on any atom is 0.240 e. The highest BCUT2D eigenvalue weighted by Crippen LogP contribution is 2.17. The molecule has 2 N–H and O–H groups in total. The molecule has 0 radical (unpaired) electrons. The highest BCUT2D eigenvalue weighted by Gasteiger charge is 2.18. The predicted molar refractivity (Wildman–Crippen MR) is 64.8 cm³/mol. The summed E-state index contributed by atoms with van der Waals surface area (Å²) in [5.74, 6) is -0.519. The van der Waals surface area contributed by atoms with Gasteiger partial charge in [0.1, 0.15) is 5.82 Å². The smallest absolute Gasteiger partial charge is 0.240 e. The van der Waals surface area contributed by atoms with Gasteiger partial charge in [0, 0.05) is 18.2 Å². The SMILES string of the molecule is CNC(C)CNS(=O)(=O)c1cccc(F)c1C. The van der Waals surface area contributed by atoms with E-state index in [4.69, 9.17) is 0 Å². The fraction of sp³-hybridized carbons (Fsp3) is 0.455. The van der Waals surface area contributed by atoms with Gasteiger partial charge in [0.2, 0.25) is 10.0 Å². The summed E-state index contributed by atoms with van der Waals surface area (Å²) in [5.41, 5.74) is 0.136. The molecule has 1 atom stereocenters. The Bertz CT molecular complexity index is 488. The molecular weight excluding hydrogens is 243 g/mol. The van der Waals surface area contributed by atoms with Crippen LogP contribution in [0, 0.1) is 12.7 Å². The molecule has 0 aliphatic heterocycles. The van der Waals surface area contributed by atoms with Crippen LogP contribution in [0.15, 0.2) is 23.1 Å². The second-order valence-corrected chi connectivity index (χ2v) is 5.64. The van der Waals surface area contributed by atoms with Crippen molar-refractivity contribution in [1.29, 1.82) is 0 Å². The average Bonchev–Trinajstić information content (AvgIpc) is 2.29. The van der Waals surface area contributed by atoms with Crippen LogP contribution in [-0.2, 0) is 10.0 Å². The Morgan fingerprint density at radius 1 is 1.41 bits per heavy atom. The van der Waals surface area contributed by atoms with Crippen LogP contribution < -0.4 is 10.0 Å². The molecule has 0 amide bonds. The molecule has 0 aromatic heterocycles. The van der Waals surface area contributed by atoms with Crippen molar-refractivity contribution in [2.45, 2.75) is 24.8 Å². The van der Waals surface area contributed by atoms with Gasteiger partial charge in [0.15, 0.2) is 0 Å². The third-order valence-corrected chi connectivity index (χ3v) is 4.15. The first-order valence-corrected chi connectivity index (χ1v) is 6.79. The van der Waals surface area contributed by atoms with Gasteiger partial charge in [0.05, 0.1) is 4.90 Å². The van der Waals surface area contributed by atoms with Crippen molar-refractivity contribution in [3.63, 3.8) is 0 Å². The standard InChI is InChI=1S/C11H17FN2O2S/c1-8(13-3)7-14-17(15,16)11-6-4-5-10(12)9(11)2/h4-6,8,13-14H,7H2,1-3H3. The van der Waals surface area contributed by atoms with Crippen LogP contribution >= 0.6 is 0 Å². The molecule has 0 bridgehead atoms. The van der Waals surface area contributed by atoms with Gasteiger partial charge in [-0.15, -0.1) is 0 Å². The second kappa shape index (κ2) is 5.57. The van der Waals surface area contributed by atoms with Gasteiger partial charge in [-0.2, -0.15) is 0 Å². The first-order chi connectivity index (χ1) is 7.88. The number of likely N-dealkylation sites (N-methyl/N-ethyl adjacent to an activating group) is 1. The van der Waals surface area contributed by atoms with Gasteiger partial charge < -0.3 is 5.32 Å². The third-order valence-electron chi connectivity index (χ3n) is 2.58. The van der Waals surface area contributed by atoms with E-state index in [2.05, 4.69) is 10.0 Å². The van der Waals surface area contributed by atoms with E-state index in [1.807, 2.05) is 6.92 Å². The lowest BCUT2D eigenvalue weighted by Crippen LogP contribution is -2.37. The summed E-state index contributed by atoms with van der Waals surface area (Å²) < 4.78 is 39.5. The number of benzene rings is 1. The van der Waals surface area contributed by atoms with Crippen molar-refractivity contribution in [2.75, 3.05) is 13.6 Å². The molecule has 0 spiro atoms. The number of hydrogen-bond donors (Lipinski definition) is 2. The summed E-state index contributed by atoms with van der Waals surface area (Å²) in [6.45, 7) is 3.56. The molecule has 1 aromatic rings. The Morgan fingerprint density at radius 2 is 2.06 bits per heavy atom. The Balaban J connectivity index is 2.94. The summed E-state index contributed by atoms with van der Waals surface area (Å²) in [7, 11) is -1.91. The zero-order valence-electron chi connectivity index (χ0n) is 10.1. The lowest BCUT2D eigenvalue weighted by Gasteiger charge is -2.13. The minimum Gasteiger partial charge on any atom is -0.316 e. The van der Waals surface area contributed by atoms with Gasteiger partial charge in [-0.05, 0) is 33.0 Å². The topological polar surface area (TPSA) is 58.2 Å². The summed E-state index contributed by atoms with van der Waals surface area (Å²) in [4.78, 5) is -0.0131.